The van der Waals surface area contributed by atoms with Crippen LogP contribution in [0.15, 0.2) is 0 Å². The standard InChI is InChI=1S/C14H27NO/c1-3-11-6-5-7-13(11)15-10-12-8-9-16-14(12)4-2/h11-15H,3-10H2,1-2H3. The van der Waals surface area contributed by atoms with E-state index >= 15 is 0 Å². The maximum Gasteiger partial charge on any atom is 0.0613 e. The van der Waals surface area contributed by atoms with E-state index < -0.39 is 0 Å². The van der Waals surface area contributed by atoms with Crippen LogP contribution in [0.4, 0.5) is 0 Å². The molecule has 94 valence electrons. The van der Waals surface area contributed by atoms with Crippen LogP contribution in [0.25, 0.3) is 0 Å². The first-order valence-corrected chi connectivity index (χ1v) is 7.20. The van der Waals surface area contributed by atoms with Crippen LogP contribution in [0.5, 0.6) is 0 Å². The van der Waals surface area contributed by atoms with Gasteiger partial charge in [0.25, 0.3) is 0 Å². The van der Waals surface area contributed by atoms with Gasteiger partial charge in [-0.25, -0.2) is 0 Å². The minimum Gasteiger partial charge on any atom is -0.378 e. The van der Waals surface area contributed by atoms with Gasteiger partial charge in [-0.1, -0.05) is 26.7 Å². The number of hydrogen-bond acceptors (Lipinski definition) is 2. The summed E-state index contributed by atoms with van der Waals surface area (Å²) in [5.41, 5.74) is 0. The highest BCUT2D eigenvalue weighted by atomic mass is 16.5. The molecular formula is C14H27NO. The molecule has 16 heavy (non-hydrogen) atoms. The van der Waals surface area contributed by atoms with E-state index in [0.717, 1.165) is 24.5 Å². The summed E-state index contributed by atoms with van der Waals surface area (Å²) >= 11 is 0. The third-order valence-corrected chi connectivity index (χ3v) is 4.57. The van der Waals surface area contributed by atoms with Crippen molar-refractivity contribution in [3.8, 4) is 0 Å². The van der Waals surface area contributed by atoms with E-state index in [9.17, 15) is 0 Å². The Kier molecular flexibility index (Phi) is 4.66. The molecule has 1 heterocycles. The Bertz CT molecular complexity index is 185. The van der Waals surface area contributed by atoms with Gasteiger partial charge in [0, 0.05) is 19.2 Å². The summed E-state index contributed by atoms with van der Waals surface area (Å²) in [6.07, 6.45) is 8.55. The first-order valence-electron chi connectivity index (χ1n) is 7.20. The van der Waals surface area contributed by atoms with E-state index in [1.165, 1.54) is 45.1 Å². The summed E-state index contributed by atoms with van der Waals surface area (Å²) in [5.74, 6) is 1.70. The second-order valence-electron chi connectivity index (χ2n) is 5.48. The molecule has 0 radical (unpaired) electrons. The van der Waals surface area contributed by atoms with E-state index in [1.807, 2.05) is 0 Å². The average Bonchev–Trinajstić information content (AvgIpc) is 2.94. The molecule has 0 bridgehead atoms. The zero-order chi connectivity index (χ0) is 11.4. The lowest BCUT2D eigenvalue weighted by Crippen LogP contribution is -2.37. The Labute approximate surface area is 100 Å². The summed E-state index contributed by atoms with van der Waals surface area (Å²) in [4.78, 5) is 0. The molecule has 4 atom stereocenters. The Hall–Kier alpha value is -0.0800. The van der Waals surface area contributed by atoms with Gasteiger partial charge < -0.3 is 10.1 Å². The minimum absolute atomic E-state index is 0.522. The van der Waals surface area contributed by atoms with Gasteiger partial charge in [0.2, 0.25) is 0 Å². The molecule has 2 rings (SSSR count). The minimum atomic E-state index is 0.522. The molecule has 1 aliphatic carbocycles. The van der Waals surface area contributed by atoms with Crippen LogP contribution in [-0.4, -0.2) is 25.3 Å². The third kappa shape index (κ3) is 2.78. The SMILES string of the molecule is CCC1CCCC1NCC1CCOC1CC. The van der Waals surface area contributed by atoms with E-state index in [0.29, 0.717) is 6.10 Å². The van der Waals surface area contributed by atoms with Crippen molar-refractivity contribution in [1.82, 2.24) is 5.32 Å². The van der Waals surface area contributed by atoms with E-state index in [4.69, 9.17) is 4.74 Å². The van der Waals surface area contributed by atoms with Crippen molar-refractivity contribution >= 4 is 0 Å². The van der Waals surface area contributed by atoms with Crippen molar-refractivity contribution < 1.29 is 4.74 Å². The zero-order valence-corrected chi connectivity index (χ0v) is 10.9. The lowest BCUT2D eigenvalue weighted by molar-refractivity contribution is 0.0862. The summed E-state index contributed by atoms with van der Waals surface area (Å²) in [6.45, 7) is 6.73. The normalized spacial score (nSPS) is 39.4. The maximum atomic E-state index is 5.74. The van der Waals surface area contributed by atoms with Crippen molar-refractivity contribution in [2.24, 2.45) is 11.8 Å². The summed E-state index contributed by atoms with van der Waals surface area (Å²) < 4.78 is 5.74. The van der Waals surface area contributed by atoms with Crippen molar-refractivity contribution in [2.45, 2.75) is 64.5 Å². The van der Waals surface area contributed by atoms with Crippen LogP contribution < -0.4 is 5.32 Å². The second kappa shape index (κ2) is 6.02. The molecule has 0 aromatic rings. The third-order valence-electron chi connectivity index (χ3n) is 4.57. The average molecular weight is 225 g/mol. The molecule has 2 heteroatoms. The largest absolute Gasteiger partial charge is 0.378 e. The highest BCUT2D eigenvalue weighted by molar-refractivity contribution is 4.85. The van der Waals surface area contributed by atoms with Crippen molar-refractivity contribution in [3.05, 3.63) is 0 Å². The van der Waals surface area contributed by atoms with Gasteiger partial charge in [-0.05, 0) is 37.5 Å². The molecule has 1 N–H and O–H groups in total. The fourth-order valence-corrected chi connectivity index (χ4v) is 3.47. The first-order chi connectivity index (χ1) is 7.85. The van der Waals surface area contributed by atoms with Crippen LogP contribution in [-0.2, 0) is 4.74 Å². The predicted octanol–water partition coefficient (Wildman–Crippen LogP) is 2.97. The Balaban J connectivity index is 1.74. The van der Waals surface area contributed by atoms with Crippen LogP contribution >= 0.6 is 0 Å². The molecular weight excluding hydrogens is 198 g/mol. The van der Waals surface area contributed by atoms with Crippen LogP contribution in [0.2, 0.25) is 0 Å². The Morgan fingerprint density at radius 1 is 1.06 bits per heavy atom. The smallest absolute Gasteiger partial charge is 0.0613 e. The summed E-state index contributed by atoms with van der Waals surface area (Å²) in [5, 5.41) is 3.81. The summed E-state index contributed by atoms with van der Waals surface area (Å²) in [7, 11) is 0. The highest BCUT2D eigenvalue weighted by Crippen LogP contribution is 2.29. The number of rotatable bonds is 5. The molecule has 2 aliphatic rings. The van der Waals surface area contributed by atoms with Gasteiger partial charge in [-0.2, -0.15) is 0 Å². The molecule has 1 saturated carbocycles. The Morgan fingerprint density at radius 2 is 1.94 bits per heavy atom. The lowest BCUT2D eigenvalue weighted by Gasteiger charge is -2.23. The molecule has 0 spiro atoms. The molecule has 2 fully saturated rings. The Morgan fingerprint density at radius 3 is 2.69 bits per heavy atom. The van der Waals surface area contributed by atoms with E-state index in [-0.39, 0.29) is 0 Å². The molecule has 1 saturated heterocycles. The first kappa shape index (κ1) is 12.4. The molecule has 2 nitrogen and oxygen atoms in total. The molecule has 0 aromatic heterocycles. The van der Waals surface area contributed by atoms with E-state index in [1.54, 1.807) is 0 Å². The van der Waals surface area contributed by atoms with E-state index in [2.05, 4.69) is 19.2 Å². The quantitative estimate of drug-likeness (QED) is 0.776. The topological polar surface area (TPSA) is 21.3 Å². The van der Waals surface area contributed by atoms with Gasteiger partial charge in [0.15, 0.2) is 0 Å². The molecule has 0 aromatic carbocycles. The number of hydrogen-bond donors (Lipinski definition) is 1. The highest BCUT2D eigenvalue weighted by Gasteiger charge is 2.30. The van der Waals surface area contributed by atoms with Gasteiger partial charge in [-0.3, -0.25) is 0 Å². The maximum absolute atomic E-state index is 5.74. The van der Waals surface area contributed by atoms with Gasteiger partial charge in [0.05, 0.1) is 6.10 Å². The van der Waals surface area contributed by atoms with Crippen molar-refractivity contribution in [2.75, 3.05) is 13.2 Å². The van der Waals surface area contributed by atoms with Gasteiger partial charge >= 0.3 is 0 Å². The second-order valence-corrected chi connectivity index (χ2v) is 5.48. The van der Waals surface area contributed by atoms with Crippen LogP contribution in [0.1, 0.15) is 52.4 Å². The molecule has 4 unspecified atom stereocenters. The van der Waals surface area contributed by atoms with Crippen molar-refractivity contribution in [3.63, 3.8) is 0 Å². The van der Waals surface area contributed by atoms with Crippen LogP contribution in [0.3, 0.4) is 0 Å². The monoisotopic (exact) mass is 225 g/mol. The lowest BCUT2D eigenvalue weighted by atomic mass is 9.97. The van der Waals surface area contributed by atoms with Crippen LogP contribution in [0, 0.1) is 11.8 Å². The zero-order valence-electron chi connectivity index (χ0n) is 10.9. The summed E-state index contributed by atoms with van der Waals surface area (Å²) in [6, 6.07) is 0.795. The fraction of sp³-hybridized carbons (Fsp3) is 1.00. The van der Waals surface area contributed by atoms with Crippen molar-refractivity contribution in [1.29, 1.82) is 0 Å². The fourth-order valence-electron chi connectivity index (χ4n) is 3.47. The molecule has 1 aliphatic heterocycles. The number of nitrogens with one attached hydrogen (secondary N) is 1. The number of ether oxygens (including phenoxy) is 1. The molecule has 0 amide bonds. The van der Waals surface area contributed by atoms with Gasteiger partial charge in [0.1, 0.15) is 0 Å². The van der Waals surface area contributed by atoms with Gasteiger partial charge in [-0.15, -0.1) is 0 Å². The predicted molar refractivity (Wildman–Crippen MR) is 67.6 cm³/mol.